The van der Waals surface area contributed by atoms with E-state index in [1.165, 1.54) is 12.1 Å². The standard InChI is InChI=1S/C20H24F2N2O4S/c1-4-24(14(2)15-6-5-7-17(12-15)28-3)13-19(25)23-16-8-10-18(11-9-16)29(26,27)20(21)22/h5-12,14,20H,4,13H2,1-3H3,(H,23,25)/t14-/m0/s1. The molecule has 1 atom stereocenters. The van der Waals surface area contributed by atoms with E-state index in [9.17, 15) is 22.0 Å². The highest BCUT2D eigenvalue weighted by atomic mass is 32.2. The molecule has 2 rings (SSSR count). The first-order chi connectivity index (χ1) is 13.7. The number of anilines is 1. The van der Waals surface area contributed by atoms with Gasteiger partial charge in [0.2, 0.25) is 15.7 Å². The Morgan fingerprint density at radius 3 is 2.38 bits per heavy atom. The van der Waals surface area contributed by atoms with E-state index in [2.05, 4.69) is 5.32 Å². The number of likely N-dealkylation sites (N-methyl/N-ethyl adjacent to an activating group) is 1. The van der Waals surface area contributed by atoms with Crippen LogP contribution in [0.5, 0.6) is 5.75 Å². The van der Waals surface area contributed by atoms with Crippen LogP contribution in [0.3, 0.4) is 0 Å². The third kappa shape index (κ3) is 5.74. The molecule has 0 heterocycles. The number of carbonyl (C=O) groups excluding carboxylic acids is 1. The summed E-state index contributed by atoms with van der Waals surface area (Å²) in [6, 6.07) is 12.2. The molecule has 0 aliphatic rings. The largest absolute Gasteiger partial charge is 0.497 e. The molecule has 2 aromatic carbocycles. The Kier molecular flexibility index (Phi) is 7.69. The molecule has 1 N–H and O–H groups in total. The molecule has 1 amide bonds. The summed E-state index contributed by atoms with van der Waals surface area (Å²) < 4.78 is 53.3. The minimum Gasteiger partial charge on any atom is -0.497 e. The van der Waals surface area contributed by atoms with Crippen LogP contribution in [0.25, 0.3) is 0 Å². The van der Waals surface area contributed by atoms with E-state index in [1.807, 2.05) is 43.0 Å². The summed E-state index contributed by atoms with van der Waals surface area (Å²) in [5, 5.41) is 2.66. The van der Waals surface area contributed by atoms with Gasteiger partial charge in [0.05, 0.1) is 18.6 Å². The van der Waals surface area contributed by atoms with Gasteiger partial charge in [-0.1, -0.05) is 19.1 Å². The third-order valence-corrected chi connectivity index (χ3v) is 5.98. The molecule has 0 unspecified atom stereocenters. The van der Waals surface area contributed by atoms with Crippen molar-refractivity contribution in [3.8, 4) is 5.75 Å². The molecule has 0 saturated carbocycles. The predicted molar refractivity (Wildman–Crippen MR) is 107 cm³/mol. The van der Waals surface area contributed by atoms with Crippen LogP contribution >= 0.6 is 0 Å². The van der Waals surface area contributed by atoms with E-state index < -0.39 is 20.5 Å². The number of amides is 1. The minimum absolute atomic E-state index is 0.0422. The zero-order chi connectivity index (χ0) is 21.6. The number of methoxy groups -OCH3 is 1. The Labute approximate surface area is 169 Å². The molecule has 0 radical (unpaired) electrons. The molecule has 0 aliphatic heterocycles. The third-order valence-electron chi connectivity index (χ3n) is 4.58. The van der Waals surface area contributed by atoms with Crippen LogP contribution in [-0.4, -0.2) is 45.2 Å². The summed E-state index contributed by atoms with van der Waals surface area (Å²) in [5.74, 6) is -3.06. The van der Waals surface area contributed by atoms with Gasteiger partial charge in [0.1, 0.15) is 5.75 Å². The smallest absolute Gasteiger partial charge is 0.341 e. The van der Waals surface area contributed by atoms with Gasteiger partial charge < -0.3 is 10.1 Å². The number of sulfone groups is 1. The van der Waals surface area contributed by atoms with Crippen molar-refractivity contribution < 1.29 is 26.7 Å². The van der Waals surface area contributed by atoms with E-state index in [4.69, 9.17) is 4.74 Å². The quantitative estimate of drug-likeness (QED) is 0.662. The van der Waals surface area contributed by atoms with Gasteiger partial charge >= 0.3 is 5.76 Å². The van der Waals surface area contributed by atoms with Crippen molar-refractivity contribution in [3.05, 3.63) is 54.1 Å². The fraction of sp³-hybridized carbons (Fsp3) is 0.350. The van der Waals surface area contributed by atoms with Gasteiger partial charge in [-0.05, 0) is 55.4 Å². The molecule has 2 aromatic rings. The fourth-order valence-corrected chi connectivity index (χ4v) is 3.57. The summed E-state index contributed by atoms with van der Waals surface area (Å²) in [6.07, 6.45) is 0. The molecule has 6 nitrogen and oxygen atoms in total. The number of nitrogens with one attached hydrogen (secondary N) is 1. The topological polar surface area (TPSA) is 75.7 Å². The van der Waals surface area contributed by atoms with Crippen LogP contribution in [0, 0.1) is 0 Å². The van der Waals surface area contributed by atoms with Crippen LogP contribution in [0.4, 0.5) is 14.5 Å². The lowest BCUT2D eigenvalue weighted by molar-refractivity contribution is -0.117. The summed E-state index contributed by atoms with van der Waals surface area (Å²) in [4.78, 5) is 13.9. The van der Waals surface area contributed by atoms with Crippen molar-refractivity contribution in [1.82, 2.24) is 4.90 Å². The lowest BCUT2D eigenvalue weighted by Gasteiger charge is -2.27. The van der Waals surface area contributed by atoms with Gasteiger partial charge in [-0.3, -0.25) is 9.69 Å². The Hall–Kier alpha value is -2.52. The number of halogens is 2. The first-order valence-electron chi connectivity index (χ1n) is 8.99. The summed E-state index contributed by atoms with van der Waals surface area (Å²) in [6.45, 7) is 4.65. The lowest BCUT2D eigenvalue weighted by atomic mass is 10.1. The monoisotopic (exact) mass is 426 g/mol. The van der Waals surface area contributed by atoms with E-state index in [1.54, 1.807) is 7.11 Å². The zero-order valence-corrected chi connectivity index (χ0v) is 17.2. The Morgan fingerprint density at radius 1 is 1.17 bits per heavy atom. The SMILES string of the molecule is CCN(CC(=O)Nc1ccc(S(=O)(=O)C(F)F)cc1)[C@@H](C)c1cccc(OC)c1. The summed E-state index contributed by atoms with van der Waals surface area (Å²) in [5.41, 5.74) is 1.33. The highest BCUT2D eigenvalue weighted by Gasteiger charge is 2.26. The fourth-order valence-electron chi connectivity index (χ4n) is 2.85. The minimum atomic E-state index is -4.66. The van der Waals surface area contributed by atoms with Gasteiger partial charge in [-0.2, -0.15) is 8.78 Å². The second kappa shape index (κ2) is 9.80. The van der Waals surface area contributed by atoms with Crippen LogP contribution < -0.4 is 10.1 Å². The van der Waals surface area contributed by atoms with Crippen molar-refractivity contribution in [2.75, 3.05) is 25.5 Å². The average molecular weight is 426 g/mol. The predicted octanol–water partition coefficient (Wildman–Crippen LogP) is 3.71. The molecular formula is C20H24F2N2O4S. The second-order valence-corrected chi connectivity index (χ2v) is 8.31. The highest BCUT2D eigenvalue weighted by Crippen LogP contribution is 2.24. The van der Waals surface area contributed by atoms with Gasteiger partial charge in [0, 0.05) is 11.7 Å². The number of benzene rings is 2. The van der Waals surface area contributed by atoms with Crippen molar-refractivity contribution in [2.24, 2.45) is 0 Å². The van der Waals surface area contributed by atoms with Gasteiger partial charge in [0.25, 0.3) is 0 Å². The van der Waals surface area contributed by atoms with Crippen molar-refractivity contribution in [1.29, 1.82) is 0 Å². The molecular weight excluding hydrogens is 402 g/mol. The molecule has 0 saturated heterocycles. The first-order valence-corrected chi connectivity index (χ1v) is 10.5. The lowest BCUT2D eigenvalue weighted by Crippen LogP contribution is -2.35. The maximum atomic E-state index is 12.6. The summed E-state index contributed by atoms with van der Waals surface area (Å²) >= 11 is 0. The normalized spacial score (nSPS) is 12.8. The number of hydrogen-bond acceptors (Lipinski definition) is 5. The Balaban J connectivity index is 2.04. The van der Waals surface area contributed by atoms with E-state index >= 15 is 0 Å². The number of ether oxygens (including phenoxy) is 1. The maximum Gasteiger partial charge on any atom is 0.341 e. The number of nitrogens with zero attached hydrogens (tertiary/aromatic N) is 1. The van der Waals surface area contributed by atoms with Crippen LogP contribution in [0.1, 0.15) is 25.5 Å². The van der Waals surface area contributed by atoms with Gasteiger partial charge in [-0.15, -0.1) is 0 Å². The second-order valence-electron chi connectivity index (χ2n) is 6.39. The molecule has 9 heteroatoms. The number of alkyl halides is 2. The van der Waals surface area contributed by atoms with Gasteiger partial charge in [0.15, 0.2) is 0 Å². The molecule has 0 bridgehead atoms. The van der Waals surface area contributed by atoms with E-state index in [0.717, 1.165) is 23.4 Å². The number of carbonyl (C=O) groups is 1. The van der Waals surface area contributed by atoms with E-state index in [-0.39, 0.29) is 18.5 Å². The molecule has 29 heavy (non-hydrogen) atoms. The first kappa shape index (κ1) is 22.8. The molecule has 0 aliphatic carbocycles. The summed E-state index contributed by atoms with van der Waals surface area (Å²) in [7, 11) is -3.07. The van der Waals surface area contributed by atoms with Gasteiger partial charge in [-0.25, -0.2) is 8.42 Å². The molecule has 0 aromatic heterocycles. The Morgan fingerprint density at radius 2 is 1.83 bits per heavy atom. The van der Waals surface area contributed by atoms with E-state index in [0.29, 0.717) is 12.2 Å². The number of hydrogen-bond donors (Lipinski definition) is 1. The van der Waals surface area contributed by atoms with Crippen molar-refractivity contribution in [2.45, 2.75) is 30.5 Å². The zero-order valence-electron chi connectivity index (χ0n) is 16.4. The average Bonchev–Trinajstić information content (AvgIpc) is 2.71. The highest BCUT2D eigenvalue weighted by molar-refractivity contribution is 7.91. The Bertz CT molecular complexity index is 934. The van der Waals surface area contributed by atoms with Crippen LogP contribution in [0.15, 0.2) is 53.4 Å². The number of rotatable bonds is 9. The molecule has 158 valence electrons. The van der Waals surface area contributed by atoms with Crippen molar-refractivity contribution in [3.63, 3.8) is 0 Å². The molecule has 0 spiro atoms. The molecule has 0 fully saturated rings. The van der Waals surface area contributed by atoms with Crippen molar-refractivity contribution >= 4 is 21.4 Å². The van der Waals surface area contributed by atoms with Crippen LogP contribution in [0.2, 0.25) is 0 Å². The van der Waals surface area contributed by atoms with Crippen LogP contribution in [-0.2, 0) is 14.6 Å². The maximum absolute atomic E-state index is 12.6.